The topological polar surface area (TPSA) is 32.3 Å². The molecule has 3 heteroatoms. The molecule has 1 aromatic carbocycles. The molecule has 1 aliphatic carbocycles. The van der Waals surface area contributed by atoms with E-state index in [1.54, 1.807) is 0 Å². The molecular formula is C17H25NOS. The van der Waals surface area contributed by atoms with Gasteiger partial charge in [-0.25, -0.2) is 0 Å². The van der Waals surface area contributed by atoms with Crippen molar-refractivity contribution in [3.05, 3.63) is 35.4 Å². The summed E-state index contributed by atoms with van der Waals surface area (Å²) in [4.78, 5) is 0. The van der Waals surface area contributed by atoms with Crippen molar-refractivity contribution in [1.29, 1.82) is 0 Å². The minimum atomic E-state index is -0.468. The maximum absolute atomic E-state index is 10.5. The number of aryl methyl sites for hydroxylation is 1. The van der Waals surface area contributed by atoms with Crippen LogP contribution < -0.4 is 5.32 Å². The molecule has 0 aromatic heterocycles. The number of thioether (sulfide) groups is 1. The van der Waals surface area contributed by atoms with Crippen LogP contribution in [0.1, 0.15) is 30.4 Å². The molecule has 1 saturated heterocycles. The fourth-order valence-corrected chi connectivity index (χ4v) is 4.35. The van der Waals surface area contributed by atoms with Crippen molar-refractivity contribution in [1.82, 2.24) is 5.32 Å². The first-order valence-electron chi connectivity index (χ1n) is 7.74. The largest absolute Gasteiger partial charge is 0.388 e. The van der Waals surface area contributed by atoms with E-state index in [9.17, 15) is 5.11 Å². The van der Waals surface area contributed by atoms with E-state index in [4.69, 9.17) is 0 Å². The van der Waals surface area contributed by atoms with Gasteiger partial charge in [0.25, 0.3) is 0 Å². The summed E-state index contributed by atoms with van der Waals surface area (Å²) in [7, 11) is 0. The molecule has 0 amide bonds. The molecule has 110 valence electrons. The summed E-state index contributed by atoms with van der Waals surface area (Å²) in [6, 6.07) is 9.35. The van der Waals surface area contributed by atoms with Gasteiger partial charge in [-0.2, -0.15) is 11.8 Å². The second-order valence-corrected chi connectivity index (χ2v) is 7.65. The van der Waals surface area contributed by atoms with E-state index < -0.39 is 5.60 Å². The lowest BCUT2D eigenvalue weighted by Crippen LogP contribution is -2.46. The summed E-state index contributed by atoms with van der Waals surface area (Å²) >= 11 is 1.87. The average Bonchev–Trinajstić information content (AvgIpc) is 3.17. The van der Waals surface area contributed by atoms with E-state index in [0.717, 1.165) is 36.8 Å². The van der Waals surface area contributed by atoms with Gasteiger partial charge in [0.1, 0.15) is 0 Å². The van der Waals surface area contributed by atoms with Gasteiger partial charge in [0.2, 0.25) is 0 Å². The van der Waals surface area contributed by atoms with Crippen LogP contribution in [0.2, 0.25) is 0 Å². The molecule has 2 fully saturated rings. The molecule has 2 aliphatic rings. The molecule has 2 N–H and O–H groups in total. The van der Waals surface area contributed by atoms with E-state index in [1.165, 1.54) is 24.0 Å². The minimum Gasteiger partial charge on any atom is -0.388 e. The van der Waals surface area contributed by atoms with Gasteiger partial charge < -0.3 is 10.4 Å². The highest BCUT2D eigenvalue weighted by Gasteiger charge is 2.35. The molecule has 2 unspecified atom stereocenters. The zero-order valence-corrected chi connectivity index (χ0v) is 13.1. The van der Waals surface area contributed by atoms with E-state index in [-0.39, 0.29) is 0 Å². The molecule has 20 heavy (non-hydrogen) atoms. The van der Waals surface area contributed by atoms with Gasteiger partial charge in [0.05, 0.1) is 5.60 Å². The predicted molar refractivity (Wildman–Crippen MR) is 86.3 cm³/mol. The van der Waals surface area contributed by atoms with Crippen LogP contribution in [-0.4, -0.2) is 34.8 Å². The molecule has 3 rings (SSSR count). The van der Waals surface area contributed by atoms with Gasteiger partial charge in [-0.15, -0.1) is 0 Å². The van der Waals surface area contributed by atoms with Crippen LogP contribution in [0.4, 0.5) is 0 Å². The number of nitrogens with one attached hydrogen (secondary N) is 1. The lowest BCUT2D eigenvalue weighted by molar-refractivity contribution is 0.0636. The Kier molecular flexibility index (Phi) is 4.39. The third-order valence-electron chi connectivity index (χ3n) is 4.50. The monoisotopic (exact) mass is 291 g/mol. The highest BCUT2D eigenvalue weighted by molar-refractivity contribution is 7.99. The highest BCUT2D eigenvalue weighted by Crippen LogP contribution is 2.35. The number of hydrogen-bond donors (Lipinski definition) is 2. The Bertz CT molecular complexity index is 452. The normalized spacial score (nSPS) is 27.7. The third-order valence-corrected chi connectivity index (χ3v) is 5.74. The van der Waals surface area contributed by atoms with Crippen LogP contribution in [0.5, 0.6) is 0 Å². The van der Waals surface area contributed by atoms with Gasteiger partial charge in [0, 0.05) is 18.3 Å². The molecule has 0 radical (unpaired) electrons. The standard InChI is InChI=1S/C17H25NOS/c1-13-3-2-4-14(9-13)10-16(15-5-6-15)18-11-17(19)7-8-20-12-17/h2-4,9,15-16,18-19H,5-8,10-12H2,1H3. The van der Waals surface area contributed by atoms with Crippen LogP contribution in [0.25, 0.3) is 0 Å². The summed E-state index contributed by atoms with van der Waals surface area (Å²) in [5.74, 6) is 2.81. The number of hydrogen-bond acceptors (Lipinski definition) is 3. The molecule has 0 bridgehead atoms. The molecule has 1 aromatic rings. The van der Waals surface area contributed by atoms with Crippen LogP contribution >= 0.6 is 11.8 Å². The first-order chi connectivity index (χ1) is 9.65. The van der Waals surface area contributed by atoms with Crippen molar-refractivity contribution in [2.75, 3.05) is 18.1 Å². The van der Waals surface area contributed by atoms with Gasteiger partial charge >= 0.3 is 0 Å². The first kappa shape index (κ1) is 14.4. The third kappa shape index (κ3) is 3.78. The van der Waals surface area contributed by atoms with Crippen LogP contribution in [0.3, 0.4) is 0 Å². The molecule has 0 spiro atoms. The summed E-state index contributed by atoms with van der Waals surface area (Å²) in [6.07, 6.45) is 4.72. The van der Waals surface area contributed by atoms with Crippen molar-refractivity contribution >= 4 is 11.8 Å². The molecule has 2 nitrogen and oxygen atoms in total. The van der Waals surface area contributed by atoms with Crippen molar-refractivity contribution < 1.29 is 5.11 Å². The fraction of sp³-hybridized carbons (Fsp3) is 0.647. The Hall–Kier alpha value is -0.510. The summed E-state index contributed by atoms with van der Waals surface area (Å²) in [5, 5.41) is 14.1. The molecule has 1 aliphatic heterocycles. The van der Waals surface area contributed by atoms with Gasteiger partial charge in [0.15, 0.2) is 0 Å². The Balaban J connectivity index is 1.58. The first-order valence-corrected chi connectivity index (χ1v) is 8.89. The lowest BCUT2D eigenvalue weighted by Gasteiger charge is -2.26. The van der Waals surface area contributed by atoms with Gasteiger partial charge in [-0.3, -0.25) is 0 Å². The van der Waals surface area contributed by atoms with Crippen molar-refractivity contribution in [3.8, 4) is 0 Å². The molecular weight excluding hydrogens is 266 g/mol. The highest BCUT2D eigenvalue weighted by atomic mass is 32.2. The maximum Gasteiger partial charge on any atom is 0.0869 e. The molecule has 1 heterocycles. The second-order valence-electron chi connectivity index (χ2n) is 6.54. The molecule has 2 atom stereocenters. The number of benzene rings is 1. The van der Waals surface area contributed by atoms with Crippen molar-refractivity contribution in [2.45, 2.75) is 44.2 Å². The van der Waals surface area contributed by atoms with E-state index in [2.05, 4.69) is 36.5 Å². The van der Waals surface area contributed by atoms with Gasteiger partial charge in [-0.1, -0.05) is 29.8 Å². The van der Waals surface area contributed by atoms with E-state index in [0.29, 0.717) is 6.04 Å². The van der Waals surface area contributed by atoms with E-state index in [1.807, 2.05) is 11.8 Å². The fourth-order valence-electron chi connectivity index (χ4n) is 3.05. The number of aliphatic hydroxyl groups is 1. The second kappa shape index (κ2) is 6.08. The van der Waals surface area contributed by atoms with Crippen LogP contribution in [0, 0.1) is 12.8 Å². The van der Waals surface area contributed by atoms with Crippen LogP contribution in [-0.2, 0) is 6.42 Å². The van der Waals surface area contributed by atoms with Crippen LogP contribution in [0.15, 0.2) is 24.3 Å². The smallest absolute Gasteiger partial charge is 0.0869 e. The summed E-state index contributed by atoms with van der Waals surface area (Å²) < 4.78 is 0. The Morgan fingerprint density at radius 2 is 2.30 bits per heavy atom. The zero-order chi connectivity index (χ0) is 14.0. The van der Waals surface area contributed by atoms with Crippen molar-refractivity contribution in [2.24, 2.45) is 5.92 Å². The summed E-state index contributed by atoms with van der Waals surface area (Å²) in [5.41, 5.74) is 2.29. The zero-order valence-electron chi connectivity index (χ0n) is 12.3. The maximum atomic E-state index is 10.5. The Morgan fingerprint density at radius 1 is 1.45 bits per heavy atom. The SMILES string of the molecule is Cc1cccc(CC(NCC2(O)CCSC2)C2CC2)c1. The predicted octanol–water partition coefficient (Wildman–Crippen LogP) is 2.77. The van der Waals surface area contributed by atoms with Gasteiger partial charge in [-0.05, 0) is 49.8 Å². The molecule has 1 saturated carbocycles. The average molecular weight is 291 g/mol. The lowest BCUT2D eigenvalue weighted by atomic mass is 9.98. The Labute approximate surface area is 126 Å². The minimum absolute atomic E-state index is 0.468. The van der Waals surface area contributed by atoms with E-state index >= 15 is 0 Å². The summed E-state index contributed by atoms with van der Waals surface area (Å²) in [6.45, 7) is 2.91. The van der Waals surface area contributed by atoms with Crippen molar-refractivity contribution in [3.63, 3.8) is 0 Å². The number of rotatable bonds is 6. The quantitative estimate of drug-likeness (QED) is 0.845. The Morgan fingerprint density at radius 3 is 2.95 bits per heavy atom.